The van der Waals surface area contributed by atoms with Crippen molar-refractivity contribution in [2.75, 3.05) is 16.7 Å². The topological polar surface area (TPSA) is 96.7 Å². The normalized spacial score (nSPS) is 11.5. The Morgan fingerprint density at radius 1 is 1.10 bits per heavy atom. The van der Waals surface area contributed by atoms with Crippen LogP contribution in [0.2, 0.25) is 5.02 Å². The van der Waals surface area contributed by atoms with E-state index in [0.29, 0.717) is 5.65 Å². The number of carbonyl (C=O) groups is 1. The highest BCUT2D eigenvalue weighted by Crippen LogP contribution is 2.26. The van der Waals surface area contributed by atoms with Crippen LogP contribution in [0.25, 0.3) is 5.65 Å². The lowest BCUT2D eigenvalue weighted by Crippen LogP contribution is -2.27. The molecule has 1 amide bonds. The number of hydrogen-bond donors (Lipinski definition) is 1. The standard InChI is InChI=1S/C20H15ClFN5O3S/c1-26(14-7-5-13(22)6-8-14)31(29,30)15-9-10-17(21)16(12-15)19(28)23-20-25-24-18-4-2-3-11-27(18)20/h2-12H,1H3,(H,23,25,28). The number of nitrogens with one attached hydrogen (secondary N) is 1. The zero-order chi connectivity index (χ0) is 22.2. The fraction of sp³-hybridized carbons (Fsp3) is 0.0500. The molecule has 0 aliphatic carbocycles. The van der Waals surface area contributed by atoms with Crippen LogP contribution < -0.4 is 9.62 Å². The van der Waals surface area contributed by atoms with Crippen LogP contribution in [0.5, 0.6) is 0 Å². The zero-order valence-corrected chi connectivity index (χ0v) is 17.6. The predicted molar refractivity (Wildman–Crippen MR) is 114 cm³/mol. The van der Waals surface area contributed by atoms with Crippen molar-refractivity contribution < 1.29 is 17.6 Å². The van der Waals surface area contributed by atoms with E-state index in [4.69, 9.17) is 11.6 Å². The van der Waals surface area contributed by atoms with E-state index in [1.807, 2.05) is 0 Å². The number of fused-ring (bicyclic) bond motifs is 1. The Kier molecular flexibility index (Phi) is 5.34. The summed E-state index contributed by atoms with van der Waals surface area (Å²) in [5, 5.41) is 10.5. The fourth-order valence-corrected chi connectivity index (χ4v) is 4.31. The molecular formula is C20H15ClFN5O3S. The van der Waals surface area contributed by atoms with Gasteiger partial charge in [0.1, 0.15) is 5.82 Å². The average molecular weight is 460 g/mol. The summed E-state index contributed by atoms with van der Waals surface area (Å²) in [6, 6.07) is 14.0. The molecule has 1 N–H and O–H groups in total. The van der Waals surface area contributed by atoms with E-state index in [1.165, 1.54) is 37.4 Å². The van der Waals surface area contributed by atoms with Gasteiger partial charge in [0.15, 0.2) is 5.65 Å². The summed E-state index contributed by atoms with van der Waals surface area (Å²) in [4.78, 5) is 12.7. The van der Waals surface area contributed by atoms with Crippen molar-refractivity contribution in [3.05, 3.63) is 83.3 Å². The van der Waals surface area contributed by atoms with Crippen molar-refractivity contribution in [1.29, 1.82) is 0 Å². The Labute approximate surface area is 182 Å². The highest BCUT2D eigenvalue weighted by atomic mass is 35.5. The molecule has 2 aromatic carbocycles. The fourth-order valence-electron chi connectivity index (χ4n) is 2.88. The van der Waals surface area contributed by atoms with Gasteiger partial charge in [-0.2, -0.15) is 0 Å². The first-order chi connectivity index (χ1) is 14.8. The van der Waals surface area contributed by atoms with E-state index >= 15 is 0 Å². The first-order valence-electron chi connectivity index (χ1n) is 8.92. The molecule has 0 aliphatic heterocycles. The number of carbonyl (C=O) groups excluding carboxylic acids is 1. The molecule has 0 saturated carbocycles. The van der Waals surface area contributed by atoms with Gasteiger partial charge in [0.25, 0.3) is 15.9 Å². The van der Waals surface area contributed by atoms with Gasteiger partial charge < -0.3 is 0 Å². The van der Waals surface area contributed by atoms with Crippen LogP contribution >= 0.6 is 11.6 Å². The van der Waals surface area contributed by atoms with Gasteiger partial charge in [-0.1, -0.05) is 17.7 Å². The summed E-state index contributed by atoms with van der Waals surface area (Å²) in [6.07, 6.45) is 1.67. The Hall–Kier alpha value is -3.50. The Morgan fingerprint density at radius 3 is 2.58 bits per heavy atom. The van der Waals surface area contributed by atoms with Gasteiger partial charge in [-0.25, -0.2) is 12.8 Å². The number of amides is 1. The molecule has 0 radical (unpaired) electrons. The number of anilines is 2. The van der Waals surface area contributed by atoms with Crippen molar-refractivity contribution >= 4 is 44.8 Å². The Bertz CT molecular complexity index is 1390. The second-order valence-electron chi connectivity index (χ2n) is 6.50. The van der Waals surface area contributed by atoms with E-state index in [9.17, 15) is 17.6 Å². The smallest absolute Gasteiger partial charge is 0.264 e. The van der Waals surface area contributed by atoms with E-state index in [1.54, 1.807) is 28.8 Å². The highest BCUT2D eigenvalue weighted by Gasteiger charge is 2.24. The average Bonchev–Trinajstić information content (AvgIpc) is 3.16. The lowest BCUT2D eigenvalue weighted by atomic mass is 10.2. The monoisotopic (exact) mass is 459 g/mol. The van der Waals surface area contributed by atoms with Crippen LogP contribution in [-0.4, -0.2) is 36.0 Å². The third-order valence-corrected chi connectivity index (χ3v) is 6.68. The number of pyridine rings is 1. The molecule has 0 bridgehead atoms. The molecule has 158 valence electrons. The SMILES string of the molecule is CN(c1ccc(F)cc1)S(=O)(=O)c1ccc(Cl)c(C(=O)Nc2nnc3ccccn23)c1. The van der Waals surface area contributed by atoms with E-state index in [2.05, 4.69) is 15.5 Å². The number of halogens is 2. The summed E-state index contributed by atoms with van der Waals surface area (Å²) >= 11 is 6.16. The predicted octanol–water partition coefficient (Wildman–Crippen LogP) is 3.60. The summed E-state index contributed by atoms with van der Waals surface area (Å²) in [5.41, 5.74) is 0.737. The van der Waals surface area contributed by atoms with Crippen LogP contribution in [-0.2, 0) is 10.0 Å². The molecule has 2 aromatic heterocycles. The number of sulfonamides is 1. The summed E-state index contributed by atoms with van der Waals surface area (Å²) in [6.45, 7) is 0. The van der Waals surface area contributed by atoms with Gasteiger partial charge >= 0.3 is 0 Å². The first-order valence-corrected chi connectivity index (χ1v) is 10.7. The number of rotatable bonds is 5. The Balaban J connectivity index is 1.66. The van der Waals surface area contributed by atoms with Crippen molar-refractivity contribution in [2.24, 2.45) is 0 Å². The number of aromatic nitrogens is 3. The van der Waals surface area contributed by atoms with Gasteiger partial charge in [-0.3, -0.25) is 18.8 Å². The summed E-state index contributed by atoms with van der Waals surface area (Å²) in [5.74, 6) is -0.973. The molecule has 2 heterocycles. The summed E-state index contributed by atoms with van der Waals surface area (Å²) in [7, 11) is -2.70. The third-order valence-electron chi connectivity index (χ3n) is 4.57. The molecule has 0 spiro atoms. The number of hydrogen-bond acceptors (Lipinski definition) is 5. The number of benzene rings is 2. The molecular weight excluding hydrogens is 445 g/mol. The largest absolute Gasteiger partial charge is 0.290 e. The minimum atomic E-state index is -4.04. The highest BCUT2D eigenvalue weighted by molar-refractivity contribution is 7.92. The van der Waals surface area contributed by atoms with Crippen LogP contribution in [0.15, 0.2) is 71.8 Å². The molecule has 31 heavy (non-hydrogen) atoms. The van der Waals surface area contributed by atoms with Crippen LogP contribution in [0.1, 0.15) is 10.4 Å². The maximum atomic E-state index is 13.2. The molecule has 0 unspecified atom stereocenters. The minimum Gasteiger partial charge on any atom is -0.290 e. The molecule has 8 nitrogen and oxygen atoms in total. The van der Waals surface area contributed by atoms with Gasteiger partial charge in [0, 0.05) is 13.2 Å². The van der Waals surface area contributed by atoms with Gasteiger partial charge in [-0.05, 0) is 54.6 Å². The van der Waals surface area contributed by atoms with Gasteiger partial charge in [0.2, 0.25) is 5.95 Å². The lowest BCUT2D eigenvalue weighted by molar-refractivity contribution is 0.102. The molecule has 4 aromatic rings. The maximum Gasteiger partial charge on any atom is 0.264 e. The van der Waals surface area contributed by atoms with E-state index < -0.39 is 21.7 Å². The quantitative estimate of drug-likeness (QED) is 0.492. The zero-order valence-electron chi connectivity index (χ0n) is 16.0. The van der Waals surface area contributed by atoms with Crippen LogP contribution in [0.4, 0.5) is 16.0 Å². The van der Waals surface area contributed by atoms with Crippen molar-refractivity contribution in [1.82, 2.24) is 14.6 Å². The molecule has 0 atom stereocenters. The van der Waals surface area contributed by atoms with E-state index in [-0.39, 0.29) is 27.1 Å². The molecule has 0 saturated heterocycles. The molecule has 0 aliphatic rings. The molecule has 4 rings (SSSR count). The van der Waals surface area contributed by atoms with Gasteiger partial charge in [-0.15, -0.1) is 10.2 Å². The van der Waals surface area contributed by atoms with Crippen molar-refractivity contribution in [2.45, 2.75) is 4.90 Å². The molecule has 11 heteroatoms. The van der Waals surface area contributed by atoms with Crippen molar-refractivity contribution in [3.63, 3.8) is 0 Å². The third kappa shape index (κ3) is 3.94. The van der Waals surface area contributed by atoms with Gasteiger partial charge in [0.05, 0.1) is 21.2 Å². The second-order valence-corrected chi connectivity index (χ2v) is 8.87. The lowest BCUT2D eigenvalue weighted by Gasteiger charge is -2.20. The van der Waals surface area contributed by atoms with Crippen molar-refractivity contribution in [3.8, 4) is 0 Å². The second kappa shape index (κ2) is 7.97. The van der Waals surface area contributed by atoms with E-state index in [0.717, 1.165) is 16.4 Å². The first kappa shape index (κ1) is 20.8. The molecule has 0 fully saturated rings. The number of nitrogens with zero attached hydrogens (tertiary/aromatic N) is 4. The minimum absolute atomic E-state index is 0.0528. The maximum absolute atomic E-state index is 13.2. The van der Waals surface area contributed by atoms with Crippen LogP contribution in [0.3, 0.4) is 0 Å². The summed E-state index contributed by atoms with van der Waals surface area (Å²) < 4.78 is 41.8. The van der Waals surface area contributed by atoms with Crippen LogP contribution in [0, 0.1) is 5.82 Å². The Morgan fingerprint density at radius 2 is 1.84 bits per heavy atom.